The summed E-state index contributed by atoms with van der Waals surface area (Å²) in [5.41, 5.74) is 7.45. The molecular formula is C19H28N4O3S. The first-order valence-corrected chi connectivity index (χ1v) is 10.7. The summed E-state index contributed by atoms with van der Waals surface area (Å²) in [6.45, 7) is 1.22. The lowest BCUT2D eigenvalue weighted by Crippen LogP contribution is -2.47. The van der Waals surface area contributed by atoms with Crippen LogP contribution in [0.5, 0.6) is 0 Å². The van der Waals surface area contributed by atoms with Crippen molar-refractivity contribution in [3.8, 4) is 0 Å². The van der Waals surface area contributed by atoms with Gasteiger partial charge in [-0.05, 0) is 38.0 Å². The van der Waals surface area contributed by atoms with Crippen molar-refractivity contribution in [3.05, 3.63) is 16.1 Å². The number of primary amides is 1. The van der Waals surface area contributed by atoms with E-state index >= 15 is 0 Å². The minimum Gasteiger partial charge on any atom is -0.370 e. The van der Waals surface area contributed by atoms with Crippen molar-refractivity contribution in [2.75, 3.05) is 13.1 Å². The number of amides is 3. The Morgan fingerprint density at radius 3 is 2.74 bits per heavy atom. The molecule has 1 aliphatic heterocycles. The van der Waals surface area contributed by atoms with E-state index < -0.39 is 0 Å². The summed E-state index contributed by atoms with van der Waals surface area (Å²) in [5, 5.41) is 3.11. The number of nitrogens with one attached hydrogen (secondary N) is 1. The molecule has 1 aliphatic carbocycles. The highest BCUT2D eigenvalue weighted by Crippen LogP contribution is 2.43. The summed E-state index contributed by atoms with van der Waals surface area (Å²) >= 11 is 1.56. The third-order valence-corrected chi connectivity index (χ3v) is 6.17. The minimum atomic E-state index is -0.379. The van der Waals surface area contributed by atoms with E-state index in [2.05, 4.69) is 10.3 Å². The molecule has 1 unspecified atom stereocenters. The lowest BCUT2D eigenvalue weighted by Gasteiger charge is -2.30. The molecule has 3 N–H and O–H groups in total. The number of hydrogen-bond acceptors (Lipinski definition) is 5. The van der Waals surface area contributed by atoms with Crippen LogP contribution in [0.15, 0.2) is 5.51 Å². The molecule has 0 radical (unpaired) electrons. The number of hydrogen-bond donors (Lipinski definition) is 2. The molecule has 3 amide bonds. The van der Waals surface area contributed by atoms with Gasteiger partial charge in [-0.15, -0.1) is 11.3 Å². The van der Waals surface area contributed by atoms with Crippen molar-refractivity contribution >= 4 is 29.1 Å². The second-order valence-electron chi connectivity index (χ2n) is 7.52. The Morgan fingerprint density at radius 2 is 2.00 bits per heavy atom. The Labute approximate surface area is 163 Å². The first-order chi connectivity index (χ1) is 13.0. The maximum Gasteiger partial charge on any atom is 0.271 e. The standard InChI is InChI=1S/C19H28N4O3S/c20-15(24)6-4-7-16(25)23-10-3-1-2-5-14(11-23)22-19(26)17-18(13-8-9-13)27-12-21-17/h12-14H,1-11H2,(H2,20,24)(H,22,26). The molecule has 8 heteroatoms. The molecule has 2 heterocycles. The molecule has 1 saturated heterocycles. The SMILES string of the molecule is NC(=O)CCCC(=O)N1CCCCCC(NC(=O)c2ncsc2C2CC2)C1. The van der Waals surface area contributed by atoms with E-state index in [0.29, 0.717) is 37.5 Å². The highest BCUT2D eigenvalue weighted by atomic mass is 32.1. The summed E-state index contributed by atoms with van der Waals surface area (Å²) in [6, 6.07) is -0.0633. The zero-order valence-electron chi connectivity index (χ0n) is 15.6. The zero-order chi connectivity index (χ0) is 19.2. The molecule has 1 saturated carbocycles. The van der Waals surface area contributed by atoms with Crippen molar-refractivity contribution in [2.45, 2.75) is 69.7 Å². The topological polar surface area (TPSA) is 105 Å². The third kappa shape index (κ3) is 5.76. The van der Waals surface area contributed by atoms with Gasteiger partial charge in [0.15, 0.2) is 0 Å². The van der Waals surface area contributed by atoms with E-state index in [1.807, 2.05) is 4.90 Å². The van der Waals surface area contributed by atoms with Crippen molar-refractivity contribution < 1.29 is 14.4 Å². The number of nitrogens with zero attached hydrogens (tertiary/aromatic N) is 2. The molecule has 2 fully saturated rings. The maximum absolute atomic E-state index is 12.7. The van der Waals surface area contributed by atoms with Crippen LogP contribution in [-0.2, 0) is 9.59 Å². The molecule has 3 rings (SSSR count). The van der Waals surface area contributed by atoms with Crippen LogP contribution in [0.3, 0.4) is 0 Å². The van der Waals surface area contributed by atoms with Crippen LogP contribution in [0.4, 0.5) is 0 Å². The van der Waals surface area contributed by atoms with Gasteiger partial charge in [-0.2, -0.15) is 0 Å². The van der Waals surface area contributed by atoms with Gasteiger partial charge in [0.2, 0.25) is 11.8 Å². The number of nitrogens with two attached hydrogens (primary N) is 1. The smallest absolute Gasteiger partial charge is 0.271 e. The van der Waals surface area contributed by atoms with Gasteiger partial charge >= 0.3 is 0 Å². The predicted octanol–water partition coefficient (Wildman–Crippen LogP) is 2.18. The lowest BCUT2D eigenvalue weighted by molar-refractivity contribution is -0.132. The van der Waals surface area contributed by atoms with Gasteiger partial charge in [0, 0.05) is 36.9 Å². The van der Waals surface area contributed by atoms with Gasteiger partial charge < -0.3 is 16.0 Å². The summed E-state index contributed by atoms with van der Waals surface area (Å²) < 4.78 is 0. The molecule has 27 heavy (non-hydrogen) atoms. The number of aromatic nitrogens is 1. The number of likely N-dealkylation sites (tertiary alicyclic amines) is 1. The average molecular weight is 393 g/mol. The minimum absolute atomic E-state index is 0.0322. The Morgan fingerprint density at radius 1 is 1.19 bits per heavy atom. The molecule has 148 valence electrons. The van der Waals surface area contributed by atoms with Crippen LogP contribution in [0.2, 0.25) is 0 Å². The molecule has 1 aromatic heterocycles. The van der Waals surface area contributed by atoms with Gasteiger partial charge in [-0.25, -0.2) is 4.98 Å². The Kier molecular flexibility index (Phi) is 6.82. The molecule has 2 aliphatic rings. The van der Waals surface area contributed by atoms with Crippen molar-refractivity contribution in [3.63, 3.8) is 0 Å². The molecule has 7 nitrogen and oxygen atoms in total. The van der Waals surface area contributed by atoms with Crippen molar-refractivity contribution in [1.82, 2.24) is 15.2 Å². The first-order valence-electron chi connectivity index (χ1n) is 9.85. The van der Waals surface area contributed by atoms with E-state index in [1.165, 1.54) is 0 Å². The molecule has 0 aromatic carbocycles. The van der Waals surface area contributed by atoms with Gasteiger partial charge in [0.1, 0.15) is 5.69 Å². The van der Waals surface area contributed by atoms with Gasteiger partial charge in [-0.3, -0.25) is 14.4 Å². The Hall–Kier alpha value is -1.96. The number of carbonyl (C=O) groups is 3. The van der Waals surface area contributed by atoms with Crippen molar-refractivity contribution in [1.29, 1.82) is 0 Å². The maximum atomic E-state index is 12.7. The van der Waals surface area contributed by atoms with E-state index in [0.717, 1.165) is 43.4 Å². The second kappa shape index (κ2) is 9.30. The molecule has 1 aromatic rings. The van der Waals surface area contributed by atoms with E-state index in [9.17, 15) is 14.4 Å². The van der Waals surface area contributed by atoms with E-state index in [-0.39, 0.29) is 30.2 Å². The van der Waals surface area contributed by atoms with Crippen LogP contribution in [0.1, 0.15) is 79.1 Å². The van der Waals surface area contributed by atoms with Gasteiger partial charge in [-0.1, -0.05) is 12.8 Å². The number of carbonyl (C=O) groups excluding carboxylic acids is 3. The normalized spacial score (nSPS) is 20.6. The molecular weight excluding hydrogens is 364 g/mol. The molecule has 0 bridgehead atoms. The largest absolute Gasteiger partial charge is 0.370 e. The van der Waals surface area contributed by atoms with Crippen LogP contribution >= 0.6 is 11.3 Å². The van der Waals surface area contributed by atoms with Crippen LogP contribution in [0.25, 0.3) is 0 Å². The van der Waals surface area contributed by atoms with Gasteiger partial charge in [0.25, 0.3) is 5.91 Å². The fourth-order valence-corrected chi connectivity index (χ4v) is 4.51. The third-order valence-electron chi connectivity index (χ3n) is 5.18. The number of thiazole rings is 1. The summed E-state index contributed by atoms with van der Waals surface area (Å²) in [7, 11) is 0. The van der Waals surface area contributed by atoms with Crippen LogP contribution < -0.4 is 11.1 Å². The fraction of sp³-hybridized carbons (Fsp3) is 0.684. The highest BCUT2D eigenvalue weighted by molar-refractivity contribution is 7.10. The fourth-order valence-electron chi connectivity index (χ4n) is 3.55. The zero-order valence-corrected chi connectivity index (χ0v) is 16.4. The Bertz CT molecular complexity index is 686. The first kappa shape index (κ1) is 19.8. The van der Waals surface area contributed by atoms with Crippen molar-refractivity contribution in [2.24, 2.45) is 5.73 Å². The summed E-state index contributed by atoms with van der Waals surface area (Å²) in [4.78, 5) is 43.3. The van der Waals surface area contributed by atoms with E-state index in [1.54, 1.807) is 16.8 Å². The molecule has 0 spiro atoms. The Balaban J connectivity index is 1.57. The monoisotopic (exact) mass is 392 g/mol. The summed E-state index contributed by atoms with van der Waals surface area (Å²) in [6.07, 6.45) is 7.22. The quantitative estimate of drug-likeness (QED) is 0.742. The lowest BCUT2D eigenvalue weighted by atomic mass is 10.0. The van der Waals surface area contributed by atoms with Gasteiger partial charge in [0.05, 0.1) is 5.51 Å². The molecule has 1 atom stereocenters. The second-order valence-corrected chi connectivity index (χ2v) is 8.41. The summed E-state index contributed by atoms with van der Waals surface area (Å²) in [5.74, 6) is 0.0313. The number of rotatable bonds is 7. The van der Waals surface area contributed by atoms with Crippen LogP contribution in [0, 0.1) is 0 Å². The highest BCUT2D eigenvalue weighted by Gasteiger charge is 2.31. The van der Waals surface area contributed by atoms with Crippen LogP contribution in [-0.4, -0.2) is 46.7 Å². The average Bonchev–Trinajstić information content (AvgIpc) is 3.33. The predicted molar refractivity (Wildman–Crippen MR) is 103 cm³/mol. The van der Waals surface area contributed by atoms with E-state index in [4.69, 9.17) is 5.73 Å².